The molecule has 0 atom stereocenters. The van der Waals surface area contributed by atoms with E-state index in [2.05, 4.69) is 9.80 Å². The van der Waals surface area contributed by atoms with Crippen LogP contribution in [0, 0.1) is 5.92 Å². The Kier molecular flexibility index (Phi) is 1.62. The van der Waals surface area contributed by atoms with Gasteiger partial charge in [0, 0.05) is 12.6 Å². The molecule has 0 radical (unpaired) electrons. The highest BCUT2D eigenvalue weighted by molar-refractivity contribution is 5.80. The molecule has 0 aromatic carbocycles. The molecule has 0 aromatic heterocycles. The Morgan fingerprint density at radius 2 is 2.00 bits per heavy atom. The number of carbonyl (C=O) groups is 1. The van der Waals surface area contributed by atoms with Crippen molar-refractivity contribution in [2.45, 2.75) is 31.7 Å². The van der Waals surface area contributed by atoms with Crippen LogP contribution in [0.15, 0.2) is 0 Å². The van der Waals surface area contributed by atoms with E-state index in [4.69, 9.17) is 0 Å². The monoisotopic (exact) mass is 180 g/mol. The van der Waals surface area contributed by atoms with E-state index in [0.29, 0.717) is 18.5 Å². The smallest absolute Gasteiger partial charge is 0.238 e. The second-order valence-corrected chi connectivity index (χ2v) is 4.69. The van der Waals surface area contributed by atoms with Crippen molar-refractivity contribution in [1.82, 2.24) is 9.80 Å². The molecule has 3 rings (SSSR count). The van der Waals surface area contributed by atoms with Gasteiger partial charge in [0.1, 0.15) is 0 Å². The molecule has 0 unspecified atom stereocenters. The van der Waals surface area contributed by atoms with Crippen molar-refractivity contribution >= 4 is 5.91 Å². The summed E-state index contributed by atoms with van der Waals surface area (Å²) in [5.41, 5.74) is 0. The lowest BCUT2D eigenvalue weighted by Crippen LogP contribution is -2.29. The Balaban J connectivity index is 1.57. The highest BCUT2D eigenvalue weighted by Gasteiger charge is 2.39. The number of amides is 1. The SMILES string of the molecule is O=C1CN(CC2CC2)CN1C1CC1. The van der Waals surface area contributed by atoms with E-state index in [1.54, 1.807) is 0 Å². The first-order valence-corrected chi connectivity index (χ1v) is 5.35. The molecule has 0 N–H and O–H groups in total. The Labute approximate surface area is 78.7 Å². The maximum absolute atomic E-state index is 11.6. The first-order valence-electron chi connectivity index (χ1n) is 5.35. The summed E-state index contributed by atoms with van der Waals surface area (Å²) in [5.74, 6) is 1.27. The lowest BCUT2D eigenvalue weighted by molar-refractivity contribution is -0.127. The zero-order valence-electron chi connectivity index (χ0n) is 7.91. The number of hydrogen-bond donors (Lipinski definition) is 0. The molecule has 3 fully saturated rings. The van der Waals surface area contributed by atoms with Gasteiger partial charge in [-0.1, -0.05) is 0 Å². The molecule has 13 heavy (non-hydrogen) atoms. The minimum Gasteiger partial charge on any atom is -0.326 e. The minimum absolute atomic E-state index is 0.364. The van der Waals surface area contributed by atoms with Crippen LogP contribution >= 0.6 is 0 Å². The topological polar surface area (TPSA) is 23.6 Å². The van der Waals surface area contributed by atoms with Gasteiger partial charge in [0.2, 0.25) is 5.91 Å². The number of carbonyl (C=O) groups excluding carboxylic acids is 1. The quantitative estimate of drug-likeness (QED) is 0.637. The summed E-state index contributed by atoms with van der Waals surface area (Å²) in [7, 11) is 0. The summed E-state index contributed by atoms with van der Waals surface area (Å²) >= 11 is 0. The third-order valence-corrected chi connectivity index (χ3v) is 3.23. The fraction of sp³-hybridized carbons (Fsp3) is 0.900. The van der Waals surface area contributed by atoms with Gasteiger partial charge in [-0.15, -0.1) is 0 Å². The molecule has 1 saturated heterocycles. The number of hydrogen-bond acceptors (Lipinski definition) is 2. The molecule has 0 spiro atoms. The van der Waals surface area contributed by atoms with Crippen LogP contribution in [-0.2, 0) is 4.79 Å². The predicted molar refractivity (Wildman–Crippen MR) is 49.0 cm³/mol. The fourth-order valence-corrected chi connectivity index (χ4v) is 2.12. The molecule has 0 aromatic rings. The van der Waals surface area contributed by atoms with Crippen molar-refractivity contribution in [3.63, 3.8) is 0 Å². The zero-order chi connectivity index (χ0) is 8.84. The second-order valence-electron chi connectivity index (χ2n) is 4.69. The Bertz CT molecular complexity index is 233. The van der Waals surface area contributed by atoms with Crippen LogP contribution < -0.4 is 0 Å². The zero-order valence-corrected chi connectivity index (χ0v) is 7.91. The van der Waals surface area contributed by atoms with E-state index in [9.17, 15) is 4.79 Å². The van der Waals surface area contributed by atoms with Crippen molar-refractivity contribution in [1.29, 1.82) is 0 Å². The van der Waals surface area contributed by atoms with E-state index >= 15 is 0 Å². The molecule has 0 bridgehead atoms. The van der Waals surface area contributed by atoms with E-state index in [0.717, 1.165) is 19.1 Å². The van der Waals surface area contributed by atoms with Gasteiger partial charge in [-0.05, 0) is 31.6 Å². The second kappa shape index (κ2) is 2.71. The molecule has 1 aliphatic heterocycles. The van der Waals surface area contributed by atoms with Crippen LogP contribution in [0.2, 0.25) is 0 Å². The lowest BCUT2D eigenvalue weighted by atomic mass is 10.4. The first-order chi connectivity index (χ1) is 6.33. The third-order valence-electron chi connectivity index (χ3n) is 3.23. The van der Waals surface area contributed by atoms with Crippen LogP contribution in [0.3, 0.4) is 0 Å². The molecular weight excluding hydrogens is 164 g/mol. The molecule has 1 amide bonds. The molecule has 1 heterocycles. The highest BCUT2D eigenvalue weighted by atomic mass is 16.2. The largest absolute Gasteiger partial charge is 0.326 e. The van der Waals surface area contributed by atoms with E-state index in [1.165, 1.54) is 25.7 Å². The summed E-state index contributed by atoms with van der Waals surface area (Å²) in [6.07, 6.45) is 5.24. The number of rotatable bonds is 3. The van der Waals surface area contributed by atoms with Crippen LogP contribution in [0.1, 0.15) is 25.7 Å². The fourth-order valence-electron chi connectivity index (χ4n) is 2.12. The van der Waals surface area contributed by atoms with Crippen molar-refractivity contribution in [3.8, 4) is 0 Å². The lowest BCUT2D eigenvalue weighted by Gasteiger charge is -2.16. The normalized spacial score (nSPS) is 30.2. The van der Waals surface area contributed by atoms with Gasteiger partial charge in [0.25, 0.3) is 0 Å². The summed E-state index contributed by atoms with van der Waals surface area (Å²) < 4.78 is 0. The van der Waals surface area contributed by atoms with Crippen molar-refractivity contribution in [3.05, 3.63) is 0 Å². The van der Waals surface area contributed by atoms with Crippen LogP contribution in [0.4, 0.5) is 0 Å². The van der Waals surface area contributed by atoms with Gasteiger partial charge in [0.05, 0.1) is 13.2 Å². The van der Waals surface area contributed by atoms with Crippen molar-refractivity contribution in [2.75, 3.05) is 19.8 Å². The minimum atomic E-state index is 0.364. The van der Waals surface area contributed by atoms with Crippen LogP contribution in [-0.4, -0.2) is 41.5 Å². The number of nitrogens with zero attached hydrogens (tertiary/aromatic N) is 2. The molecule has 2 saturated carbocycles. The average Bonchev–Trinajstić information content (AvgIpc) is 2.94. The van der Waals surface area contributed by atoms with Crippen molar-refractivity contribution < 1.29 is 4.79 Å². The standard InChI is InChI=1S/C10H16N2O/c13-10-6-11(5-8-1-2-8)7-12(10)9-3-4-9/h8-9H,1-7H2. The van der Waals surface area contributed by atoms with Gasteiger partial charge in [-0.25, -0.2) is 0 Å². The van der Waals surface area contributed by atoms with E-state index < -0.39 is 0 Å². The van der Waals surface area contributed by atoms with Gasteiger partial charge in [-0.2, -0.15) is 0 Å². The molecule has 72 valence electrons. The Morgan fingerprint density at radius 3 is 2.62 bits per heavy atom. The summed E-state index contributed by atoms with van der Waals surface area (Å²) in [6, 6.07) is 0.608. The van der Waals surface area contributed by atoms with Gasteiger partial charge < -0.3 is 4.90 Å². The molecule has 2 aliphatic carbocycles. The van der Waals surface area contributed by atoms with E-state index in [1.807, 2.05) is 0 Å². The van der Waals surface area contributed by atoms with Crippen LogP contribution in [0.25, 0.3) is 0 Å². The van der Waals surface area contributed by atoms with E-state index in [-0.39, 0.29) is 0 Å². The molecule has 3 aliphatic rings. The Morgan fingerprint density at radius 1 is 1.23 bits per heavy atom. The van der Waals surface area contributed by atoms with Gasteiger partial charge >= 0.3 is 0 Å². The predicted octanol–water partition coefficient (Wildman–Crippen LogP) is 0.661. The third kappa shape index (κ3) is 1.57. The highest BCUT2D eigenvalue weighted by Crippen LogP contribution is 2.33. The maximum atomic E-state index is 11.6. The molecular formula is C10H16N2O. The molecule has 3 nitrogen and oxygen atoms in total. The Hall–Kier alpha value is -0.570. The summed E-state index contributed by atoms with van der Waals surface area (Å²) in [5, 5.41) is 0. The maximum Gasteiger partial charge on any atom is 0.238 e. The van der Waals surface area contributed by atoms with Gasteiger partial charge in [-0.3, -0.25) is 9.69 Å². The average molecular weight is 180 g/mol. The first kappa shape index (κ1) is 7.80. The van der Waals surface area contributed by atoms with Gasteiger partial charge in [0.15, 0.2) is 0 Å². The summed E-state index contributed by atoms with van der Waals surface area (Å²) in [4.78, 5) is 15.9. The molecule has 3 heteroatoms. The summed E-state index contributed by atoms with van der Waals surface area (Å²) in [6.45, 7) is 2.77. The van der Waals surface area contributed by atoms with Crippen LogP contribution in [0.5, 0.6) is 0 Å². The van der Waals surface area contributed by atoms with Crippen molar-refractivity contribution in [2.24, 2.45) is 5.92 Å².